The van der Waals surface area contributed by atoms with Gasteiger partial charge in [0.05, 0.1) is 0 Å². The van der Waals surface area contributed by atoms with Crippen molar-refractivity contribution in [3.63, 3.8) is 0 Å². The number of benzene rings is 3. The first kappa shape index (κ1) is 28.0. The molecule has 5 heteroatoms. The third-order valence-corrected chi connectivity index (χ3v) is 8.37. The predicted octanol–water partition coefficient (Wildman–Crippen LogP) is 6.02. The van der Waals surface area contributed by atoms with E-state index in [1.165, 1.54) is 22.3 Å². The SMILES string of the molecule is CC(C)C[C@H](N)C(=O)O[C@H]1c2ccccc2C[C@]1(Cc1ccc(C(=O)CCCO)cc1)C1=Cc2ccccc2C1. The van der Waals surface area contributed by atoms with Crippen LogP contribution < -0.4 is 5.73 Å². The molecule has 0 bridgehead atoms. The summed E-state index contributed by atoms with van der Waals surface area (Å²) in [4.78, 5) is 25.9. The van der Waals surface area contributed by atoms with E-state index in [1.54, 1.807) is 0 Å². The zero-order valence-corrected chi connectivity index (χ0v) is 23.4. The molecule has 5 nitrogen and oxygen atoms in total. The molecule has 0 saturated carbocycles. The first-order valence-electron chi connectivity index (χ1n) is 14.4. The van der Waals surface area contributed by atoms with E-state index in [-0.39, 0.29) is 24.3 Å². The smallest absolute Gasteiger partial charge is 0.323 e. The van der Waals surface area contributed by atoms with Crippen LogP contribution in [0.3, 0.4) is 0 Å². The van der Waals surface area contributed by atoms with Gasteiger partial charge in [-0.15, -0.1) is 0 Å². The van der Waals surface area contributed by atoms with Crippen LogP contribution in [0.25, 0.3) is 6.08 Å². The molecule has 40 heavy (non-hydrogen) atoms. The van der Waals surface area contributed by atoms with E-state index < -0.39 is 17.6 Å². The van der Waals surface area contributed by atoms with Crippen molar-refractivity contribution >= 4 is 17.8 Å². The average molecular weight is 538 g/mol. The number of carbonyl (C=O) groups is 2. The van der Waals surface area contributed by atoms with Gasteiger partial charge in [-0.05, 0) is 65.8 Å². The number of carbonyl (C=O) groups excluding carboxylic acids is 2. The van der Waals surface area contributed by atoms with Crippen molar-refractivity contribution in [2.45, 2.75) is 64.5 Å². The second-order valence-electron chi connectivity index (χ2n) is 11.8. The van der Waals surface area contributed by atoms with Gasteiger partial charge in [0.2, 0.25) is 0 Å². The van der Waals surface area contributed by atoms with E-state index in [9.17, 15) is 9.59 Å². The van der Waals surface area contributed by atoms with Crippen LogP contribution in [0.15, 0.2) is 78.4 Å². The zero-order valence-electron chi connectivity index (χ0n) is 23.4. The topological polar surface area (TPSA) is 89.6 Å². The molecule has 0 saturated heterocycles. The van der Waals surface area contributed by atoms with E-state index in [0.717, 1.165) is 24.0 Å². The highest BCUT2D eigenvalue weighted by Gasteiger charge is 2.51. The second-order valence-corrected chi connectivity index (χ2v) is 11.8. The molecule has 0 aromatic heterocycles. The van der Waals surface area contributed by atoms with Gasteiger partial charge in [-0.3, -0.25) is 9.59 Å². The Hall–Kier alpha value is -3.54. The van der Waals surface area contributed by atoms with Crippen LogP contribution in [-0.4, -0.2) is 29.5 Å². The average Bonchev–Trinajstić information content (AvgIpc) is 3.52. The van der Waals surface area contributed by atoms with Crippen LogP contribution in [0.4, 0.5) is 0 Å². The van der Waals surface area contributed by atoms with Gasteiger partial charge in [-0.1, -0.05) is 98.3 Å². The highest BCUT2D eigenvalue weighted by atomic mass is 16.5. The Balaban J connectivity index is 1.54. The molecule has 2 aliphatic carbocycles. The maximum absolute atomic E-state index is 13.4. The number of Topliss-reactive ketones (excluding diaryl/α,β-unsaturated/α-hetero) is 1. The molecule has 2 aliphatic rings. The minimum atomic E-state index is -0.676. The molecule has 0 radical (unpaired) electrons. The maximum atomic E-state index is 13.4. The molecule has 0 heterocycles. The summed E-state index contributed by atoms with van der Waals surface area (Å²) in [6.07, 6.45) is 5.37. The Morgan fingerprint density at radius 1 is 1.00 bits per heavy atom. The molecule has 0 fully saturated rings. The first-order chi connectivity index (χ1) is 19.3. The number of rotatable bonds is 11. The number of ketones is 1. The Morgan fingerprint density at radius 2 is 1.70 bits per heavy atom. The van der Waals surface area contributed by atoms with Crippen LogP contribution in [-0.2, 0) is 28.8 Å². The third kappa shape index (κ3) is 5.67. The van der Waals surface area contributed by atoms with Crippen LogP contribution in [0.5, 0.6) is 0 Å². The number of ether oxygens (including phenoxy) is 1. The largest absolute Gasteiger partial charge is 0.455 e. The summed E-state index contributed by atoms with van der Waals surface area (Å²) in [5.74, 6) is -0.0435. The minimum Gasteiger partial charge on any atom is -0.455 e. The number of hydrogen-bond donors (Lipinski definition) is 2. The van der Waals surface area contributed by atoms with Crippen molar-refractivity contribution in [3.8, 4) is 0 Å². The Labute approximate surface area is 237 Å². The number of aliphatic hydroxyl groups excluding tert-OH is 1. The fraction of sp³-hybridized carbons (Fsp3) is 0.371. The summed E-state index contributed by atoms with van der Waals surface area (Å²) in [6, 6.07) is 23.8. The van der Waals surface area contributed by atoms with E-state index in [1.807, 2.05) is 36.4 Å². The number of nitrogens with two attached hydrogens (primary N) is 1. The summed E-state index contributed by atoms with van der Waals surface area (Å²) in [7, 11) is 0. The van der Waals surface area contributed by atoms with E-state index in [4.69, 9.17) is 15.6 Å². The van der Waals surface area contributed by atoms with Gasteiger partial charge in [0.1, 0.15) is 12.1 Å². The lowest BCUT2D eigenvalue weighted by Gasteiger charge is -2.38. The lowest BCUT2D eigenvalue weighted by molar-refractivity contribution is -0.156. The van der Waals surface area contributed by atoms with Crippen molar-refractivity contribution < 1.29 is 19.4 Å². The summed E-state index contributed by atoms with van der Waals surface area (Å²) in [5, 5.41) is 9.10. The molecule has 0 spiro atoms. The Kier molecular flexibility index (Phi) is 8.34. The molecule has 5 rings (SSSR count). The number of esters is 1. The van der Waals surface area contributed by atoms with Crippen molar-refractivity contribution in [1.82, 2.24) is 0 Å². The molecule has 0 unspecified atom stereocenters. The van der Waals surface area contributed by atoms with Gasteiger partial charge < -0.3 is 15.6 Å². The molecule has 208 valence electrons. The van der Waals surface area contributed by atoms with Gasteiger partial charge in [0.25, 0.3) is 0 Å². The predicted molar refractivity (Wildman–Crippen MR) is 158 cm³/mol. The molecule has 3 aromatic carbocycles. The molecular weight excluding hydrogens is 498 g/mol. The van der Waals surface area contributed by atoms with Crippen LogP contribution in [0.2, 0.25) is 0 Å². The maximum Gasteiger partial charge on any atom is 0.323 e. The van der Waals surface area contributed by atoms with E-state index >= 15 is 0 Å². The van der Waals surface area contributed by atoms with Crippen molar-refractivity contribution in [1.29, 1.82) is 0 Å². The fourth-order valence-corrected chi connectivity index (χ4v) is 6.37. The highest BCUT2D eigenvalue weighted by Crippen LogP contribution is 2.56. The Morgan fingerprint density at radius 3 is 2.40 bits per heavy atom. The van der Waals surface area contributed by atoms with Gasteiger partial charge in [0.15, 0.2) is 5.78 Å². The molecule has 0 aliphatic heterocycles. The molecule has 0 amide bonds. The summed E-state index contributed by atoms with van der Waals surface area (Å²) < 4.78 is 6.42. The monoisotopic (exact) mass is 537 g/mol. The van der Waals surface area contributed by atoms with Crippen molar-refractivity contribution in [2.75, 3.05) is 6.61 Å². The summed E-state index contributed by atoms with van der Waals surface area (Å²) in [6.45, 7) is 4.12. The molecule has 3 atom stereocenters. The van der Waals surface area contributed by atoms with Gasteiger partial charge >= 0.3 is 5.97 Å². The van der Waals surface area contributed by atoms with Crippen LogP contribution >= 0.6 is 0 Å². The minimum absolute atomic E-state index is 0.00530. The standard InChI is InChI=1S/C35H39NO4/c1-23(2)18-31(36)34(39)40-33-30-11-6-5-10-28(30)22-35(33,29-19-26-8-3-4-9-27(26)20-29)21-24-13-15-25(16-14-24)32(38)12-7-17-37/h3-6,8-11,13-16,19,23,31,33,37H,7,12,17-18,20-22,36H2,1-2H3/t31-,33-,35+/m0/s1. The third-order valence-electron chi connectivity index (χ3n) is 8.37. The molecular formula is C35H39NO4. The first-order valence-corrected chi connectivity index (χ1v) is 14.4. The van der Waals surface area contributed by atoms with Gasteiger partial charge in [0, 0.05) is 24.0 Å². The normalized spacial score (nSPS) is 20.1. The quantitative estimate of drug-likeness (QED) is 0.230. The zero-order chi connectivity index (χ0) is 28.3. The number of hydrogen-bond acceptors (Lipinski definition) is 5. The molecule has 3 N–H and O–H groups in total. The lowest BCUT2D eigenvalue weighted by atomic mass is 9.70. The highest BCUT2D eigenvalue weighted by molar-refractivity contribution is 5.96. The van der Waals surface area contributed by atoms with Crippen LogP contribution in [0, 0.1) is 11.3 Å². The number of fused-ring (bicyclic) bond motifs is 2. The number of aliphatic hydroxyl groups is 1. The molecule has 3 aromatic rings. The summed E-state index contributed by atoms with van der Waals surface area (Å²) in [5.41, 5.74) is 13.5. The van der Waals surface area contributed by atoms with E-state index in [2.05, 4.69) is 56.3 Å². The van der Waals surface area contributed by atoms with Gasteiger partial charge in [-0.25, -0.2) is 0 Å². The van der Waals surface area contributed by atoms with Gasteiger partial charge in [-0.2, -0.15) is 0 Å². The van der Waals surface area contributed by atoms with Crippen molar-refractivity contribution in [2.24, 2.45) is 17.1 Å². The van der Waals surface area contributed by atoms with E-state index in [0.29, 0.717) is 31.2 Å². The van der Waals surface area contributed by atoms with Crippen molar-refractivity contribution in [3.05, 3.63) is 112 Å². The second kappa shape index (κ2) is 11.9. The Bertz CT molecular complexity index is 1410. The fourth-order valence-electron chi connectivity index (χ4n) is 6.37. The lowest BCUT2D eigenvalue weighted by Crippen LogP contribution is -2.39. The van der Waals surface area contributed by atoms with Crippen LogP contribution in [0.1, 0.15) is 77.4 Å². The summed E-state index contributed by atoms with van der Waals surface area (Å²) >= 11 is 0.